The monoisotopic (exact) mass is 408 g/mol. The topological polar surface area (TPSA) is 64.0 Å². The Labute approximate surface area is 168 Å². The number of halogens is 2. The van der Waals surface area contributed by atoms with E-state index in [4.69, 9.17) is 23.2 Å². The van der Waals surface area contributed by atoms with Crippen LogP contribution in [0.1, 0.15) is 23.6 Å². The van der Waals surface area contributed by atoms with Crippen molar-refractivity contribution >= 4 is 29.1 Å². The minimum atomic E-state index is -0.522. The van der Waals surface area contributed by atoms with E-state index in [9.17, 15) is 15.1 Å². The predicted molar refractivity (Wildman–Crippen MR) is 105 cm³/mol. The third-order valence-electron chi connectivity index (χ3n) is 4.75. The molecular weight excluding hydrogens is 387 g/mol. The summed E-state index contributed by atoms with van der Waals surface area (Å²) in [5.74, 6) is -0.429. The summed E-state index contributed by atoms with van der Waals surface area (Å²) in [6, 6.07) is 13.9. The molecule has 1 aliphatic heterocycles. The van der Waals surface area contributed by atoms with E-state index in [1.807, 2.05) is 30.3 Å². The van der Waals surface area contributed by atoms with Gasteiger partial charge in [0.05, 0.1) is 28.6 Å². The van der Waals surface area contributed by atoms with Crippen molar-refractivity contribution in [3.8, 4) is 0 Å². The Hall–Kier alpha value is -1.63. The highest BCUT2D eigenvalue weighted by Gasteiger charge is 2.29. The maximum Gasteiger partial charge on any atom is 0.250 e. The third kappa shape index (κ3) is 5.21. The van der Waals surface area contributed by atoms with Crippen molar-refractivity contribution in [3.05, 3.63) is 69.7 Å². The van der Waals surface area contributed by atoms with Crippen molar-refractivity contribution in [1.82, 2.24) is 9.96 Å². The molecule has 0 bridgehead atoms. The van der Waals surface area contributed by atoms with E-state index in [1.165, 1.54) is 0 Å². The van der Waals surface area contributed by atoms with Crippen LogP contribution in [-0.2, 0) is 11.2 Å². The van der Waals surface area contributed by atoms with Gasteiger partial charge in [-0.2, -0.15) is 0 Å². The quantitative estimate of drug-likeness (QED) is 0.566. The molecule has 2 atom stereocenters. The minimum absolute atomic E-state index is 0.0132. The molecule has 0 aliphatic carbocycles. The van der Waals surface area contributed by atoms with Crippen LogP contribution >= 0.6 is 23.2 Å². The van der Waals surface area contributed by atoms with Gasteiger partial charge in [-0.25, -0.2) is 5.06 Å². The summed E-state index contributed by atoms with van der Waals surface area (Å²) in [6.45, 7) is 1.72. The van der Waals surface area contributed by atoms with Gasteiger partial charge in [0.15, 0.2) is 0 Å². The molecule has 0 aromatic heterocycles. The van der Waals surface area contributed by atoms with Crippen LogP contribution in [0.4, 0.5) is 0 Å². The Kier molecular flexibility index (Phi) is 6.73. The van der Waals surface area contributed by atoms with Crippen LogP contribution < -0.4 is 0 Å². The molecule has 27 heavy (non-hydrogen) atoms. The number of hydrogen-bond acceptors (Lipinski definition) is 4. The largest absolute Gasteiger partial charge is 0.392 e. The van der Waals surface area contributed by atoms with Gasteiger partial charge in [0.2, 0.25) is 0 Å². The molecule has 1 amide bonds. The molecule has 1 fully saturated rings. The molecule has 0 spiro atoms. The molecule has 0 radical (unpaired) electrons. The highest BCUT2D eigenvalue weighted by atomic mass is 35.5. The summed E-state index contributed by atoms with van der Waals surface area (Å²) < 4.78 is 0. The second-order valence-corrected chi connectivity index (χ2v) is 7.61. The number of rotatable bonds is 6. The Morgan fingerprint density at radius 3 is 2.56 bits per heavy atom. The number of aliphatic hydroxyl groups excluding tert-OH is 1. The van der Waals surface area contributed by atoms with E-state index in [-0.39, 0.29) is 12.5 Å². The lowest BCUT2D eigenvalue weighted by Gasteiger charge is -2.30. The van der Waals surface area contributed by atoms with Gasteiger partial charge in [-0.15, -0.1) is 0 Å². The van der Waals surface area contributed by atoms with Gasteiger partial charge < -0.3 is 5.11 Å². The molecule has 5 nitrogen and oxygen atoms in total. The number of nitrogens with zero attached hydrogens (tertiary/aromatic N) is 2. The summed E-state index contributed by atoms with van der Waals surface area (Å²) in [4.78, 5) is 14.7. The number of aliphatic hydroxyl groups is 1. The van der Waals surface area contributed by atoms with Crippen LogP contribution in [0.15, 0.2) is 48.5 Å². The molecule has 2 aromatic rings. The van der Waals surface area contributed by atoms with Crippen molar-refractivity contribution in [1.29, 1.82) is 0 Å². The Bertz CT molecular complexity index is 788. The normalized spacial score (nSPS) is 18.4. The van der Waals surface area contributed by atoms with Crippen molar-refractivity contribution in [2.24, 2.45) is 0 Å². The first kappa shape index (κ1) is 20.1. The Morgan fingerprint density at radius 1 is 1.19 bits per heavy atom. The maximum atomic E-state index is 12.7. The van der Waals surface area contributed by atoms with Crippen LogP contribution in [-0.4, -0.2) is 51.9 Å². The number of hydrogen-bond donors (Lipinski definition) is 2. The lowest BCUT2D eigenvalue weighted by molar-refractivity contribution is -0.177. The molecule has 2 aromatic carbocycles. The predicted octanol–water partition coefficient (Wildman–Crippen LogP) is 3.56. The zero-order valence-electron chi connectivity index (χ0n) is 14.8. The van der Waals surface area contributed by atoms with Crippen LogP contribution in [0.3, 0.4) is 0 Å². The van der Waals surface area contributed by atoms with Gasteiger partial charge in [-0.05, 0) is 29.7 Å². The van der Waals surface area contributed by atoms with Gasteiger partial charge in [0.25, 0.3) is 5.91 Å². The SMILES string of the molecule is O=C(Cc1ccc(Cl)c(Cl)c1)N(O)[C@H](CN1CCC(O)C1)c1ccccc1. The molecule has 1 saturated heterocycles. The van der Waals surface area contributed by atoms with E-state index in [2.05, 4.69) is 4.90 Å². The van der Waals surface area contributed by atoms with Crippen LogP contribution in [0.2, 0.25) is 10.0 Å². The van der Waals surface area contributed by atoms with Crippen molar-refractivity contribution < 1.29 is 15.1 Å². The van der Waals surface area contributed by atoms with Crippen molar-refractivity contribution in [2.45, 2.75) is 25.0 Å². The minimum Gasteiger partial charge on any atom is -0.392 e. The zero-order chi connectivity index (χ0) is 19.4. The third-order valence-corrected chi connectivity index (χ3v) is 5.49. The summed E-state index contributed by atoms with van der Waals surface area (Å²) in [5, 5.41) is 22.0. The number of carbonyl (C=O) groups excluding carboxylic acids is 1. The van der Waals surface area contributed by atoms with E-state index >= 15 is 0 Å². The van der Waals surface area contributed by atoms with Crippen LogP contribution in [0.5, 0.6) is 0 Å². The fourth-order valence-electron chi connectivity index (χ4n) is 3.30. The van der Waals surface area contributed by atoms with E-state index in [0.29, 0.717) is 35.1 Å². The number of hydroxylamine groups is 2. The molecule has 0 saturated carbocycles. The first-order chi connectivity index (χ1) is 12.9. The number of β-amino-alcohol motifs (C(OH)–C–C–N with tert-alkyl or cyclic N) is 1. The standard InChI is InChI=1S/C20H22Cl2N2O3/c21-17-7-6-14(10-18(17)22)11-20(26)24(27)19(15-4-2-1-3-5-15)13-23-9-8-16(25)12-23/h1-7,10,16,19,25,27H,8-9,11-13H2/t16?,19-/m1/s1. The first-order valence-electron chi connectivity index (χ1n) is 8.84. The second-order valence-electron chi connectivity index (χ2n) is 6.79. The number of amides is 1. The van der Waals surface area contributed by atoms with Crippen LogP contribution in [0.25, 0.3) is 0 Å². The zero-order valence-corrected chi connectivity index (χ0v) is 16.3. The lowest BCUT2D eigenvalue weighted by Crippen LogP contribution is -2.40. The first-order valence-corrected chi connectivity index (χ1v) is 9.60. The summed E-state index contributed by atoms with van der Waals surface area (Å²) >= 11 is 11.9. The van der Waals surface area contributed by atoms with E-state index in [0.717, 1.165) is 17.2 Å². The molecule has 1 aliphatic rings. The van der Waals surface area contributed by atoms with Crippen LogP contribution in [0, 0.1) is 0 Å². The van der Waals surface area contributed by atoms with Crippen molar-refractivity contribution in [3.63, 3.8) is 0 Å². The highest BCUT2D eigenvalue weighted by Crippen LogP contribution is 2.26. The summed E-state index contributed by atoms with van der Waals surface area (Å²) in [5.41, 5.74) is 1.51. The number of carbonyl (C=O) groups is 1. The van der Waals surface area contributed by atoms with Gasteiger partial charge in [0.1, 0.15) is 0 Å². The molecule has 7 heteroatoms. The molecule has 2 N–H and O–H groups in total. The Balaban J connectivity index is 1.75. The van der Waals surface area contributed by atoms with E-state index in [1.54, 1.807) is 18.2 Å². The van der Waals surface area contributed by atoms with Gasteiger partial charge in [0, 0.05) is 19.6 Å². The average molecular weight is 409 g/mol. The van der Waals surface area contributed by atoms with Crippen molar-refractivity contribution in [2.75, 3.05) is 19.6 Å². The molecule has 144 valence electrons. The number of benzene rings is 2. The number of likely N-dealkylation sites (tertiary alicyclic amines) is 1. The lowest BCUT2D eigenvalue weighted by atomic mass is 10.0. The van der Waals surface area contributed by atoms with Gasteiger partial charge in [-0.1, -0.05) is 59.6 Å². The Morgan fingerprint density at radius 2 is 1.93 bits per heavy atom. The summed E-state index contributed by atoms with van der Waals surface area (Å²) in [7, 11) is 0. The highest BCUT2D eigenvalue weighted by molar-refractivity contribution is 6.42. The fraction of sp³-hybridized carbons (Fsp3) is 0.350. The molecular formula is C20H22Cl2N2O3. The molecule has 1 heterocycles. The maximum absolute atomic E-state index is 12.7. The second kappa shape index (κ2) is 9.04. The summed E-state index contributed by atoms with van der Waals surface area (Å²) in [6.07, 6.45) is 0.351. The fourth-order valence-corrected chi connectivity index (χ4v) is 3.62. The smallest absolute Gasteiger partial charge is 0.250 e. The van der Waals surface area contributed by atoms with E-state index < -0.39 is 11.9 Å². The van der Waals surface area contributed by atoms with Gasteiger partial charge in [-0.3, -0.25) is 14.9 Å². The molecule has 3 rings (SSSR count). The molecule has 1 unspecified atom stereocenters. The van der Waals surface area contributed by atoms with Gasteiger partial charge >= 0.3 is 0 Å². The average Bonchev–Trinajstić information content (AvgIpc) is 3.08.